The lowest BCUT2D eigenvalue weighted by Crippen LogP contribution is -2.26. The molecule has 0 aliphatic carbocycles. The zero-order chi connectivity index (χ0) is 18.6. The molecule has 0 aliphatic rings. The lowest BCUT2D eigenvalue weighted by Gasteiger charge is -2.17. The monoisotopic (exact) mass is 347 g/mol. The third-order valence-corrected chi connectivity index (χ3v) is 3.65. The molecule has 1 heterocycles. The summed E-state index contributed by atoms with van der Waals surface area (Å²) in [5.74, 6) is 0.458. The molecule has 1 aromatic carbocycles. The Hall–Kier alpha value is -2.96. The van der Waals surface area contributed by atoms with Crippen LogP contribution in [0.1, 0.15) is 39.2 Å². The first-order valence-corrected chi connectivity index (χ1v) is 7.76. The quantitative estimate of drug-likeness (QED) is 0.828. The van der Waals surface area contributed by atoms with E-state index in [1.54, 1.807) is 32.2 Å². The summed E-state index contributed by atoms with van der Waals surface area (Å²) >= 11 is 0. The number of rotatable bonds is 7. The summed E-state index contributed by atoms with van der Waals surface area (Å²) in [6, 6.07) is 6.38. The van der Waals surface area contributed by atoms with Crippen molar-refractivity contribution in [2.45, 2.75) is 20.4 Å². The van der Waals surface area contributed by atoms with E-state index in [0.717, 1.165) is 0 Å². The van der Waals surface area contributed by atoms with Gasteiger partial charge in [-0.2, -0.15) is 0 Å². The number of ether oxygens (including phenoxy) is 2. The van der Waals surface area contributed by atoms with E-state index in [1.165, 1.54) is 18.1 Å². The van der Waals surface area contributed by atoms with Crippen LogP contribution in [0.25, 0.3) is 0 Å². The highest BCUT2D eigenvalue weighted by molar-refractivity contribution is 5.94. The smallest absolute Gasteiger partial charge is 0.339 e. The van der Waals surface area contributed by atoms with Crippen LogP contribution in [0, 0.1) is 6.92 Å². The minimum atomic E-state index is -1.06. The second kappa shape index (κ2) is 7.74. The van der Waals surface area contributed by atoms with Gasteiger partial charge in [-0.1, -0.05) is 0 Å². The van der Waals surface area contributed by atoms with E-state index >= 15 is 0 Å². The van der Waals surface area contributed by atoms with Crippen molar-refractivity contribution in [2.24, 2.45) is 0 Å². The molecule has 0 bridgehead atoms. The Morgan fingerprint density at radius 1 is 1.24 bits per heavy atom. The number of carboxylic acids is 1. The summed E-state index contributed by atoms with van der Waals surface area (Å²) in [7, 11) is 3.12. The molecule has 25 heavy (non-hydrogen) atoms. The molecule has 0 spiro atoms. The van der Waals surface area contributed by atoms with Crippen molar-refractivity contribution in [3.05, 3.63) is 46.9 Å². The number of methoxy groups -OCH3 is 1. The molecule has 7 heteroatoms. The number of hydrogen-bond donors (Lipinski definition) is 1. The molecule has 1 aromatic heterocycles. The highest BCUT2D eigenvalue weighted by atomic mass is 16.5. The van der Waals surface area contributed by atoms with Crippen molar-refractivity contribution in [1.82, 2.24) is 4.90 Å². The number of carboxylic acid groups (broad SMARTS) is 1. The molecule has 0 saturated heterocycles. The average Bonchev–Trinajstić information content (AvgIpc) is 2.95. The Balaban J connectivity index is 2.17. The Morgan fingerprint density at radius 3 is 2.52 bits per heavy atom. The third-order valence-electron chi connectivity index (χ3n) is 3.65. The number of hydrogen-bond acceptors (Lipinski definition) is 5. The molecule has 1 N–H and O–H groups in total. The van der Waals surface area contributed by atoms with Gasteiger partial charge in [-0.25, -0.2) is 4.79 Å². The van der Waals surface area contributed by atoms with Crippen molar-refractivity contribution >= 4 is 11.9 Å². The fourth-order valence-electron chi connectivity index (χ4n) is 2.44. The predicted octanol–water partition coefficient (Wildman–Crippen LogP) is 2.97. The summed E-state index contributed by atoms with van der Waals surface area (Å²) in [4.78, 5) is 25.1. The number of benzene rings is 1. The zero-order valence-electron chi connectivity index (χ0n) is 14.7. The SMILES string of the molecule is CCOc1ccc(C(=O)N(C)Cc2cc(C(=O)O)c(C)o2)cc1OC. The van der Waals surface area contributed by atoms with Crippen LogP contribution in [0.2, 0.25) is 0 Å². The van der Waals surface area contributed by atoms with Gasteiger partial charge in [-0.3, -0.25) is 4.79 Å². The molecule has 0 atom stereocenters. The Labute approximate surface area is 145 Å². The van der Waals surface area contributed by atoms with Crippen LogP contribution in [-0.4, -0.2) is 42.6 Å². The first-order valence-electron chi connectivity index (χ1n) is 7.76. The second-order valence-corrected chi connectivity index (χ2v) is 5.45. The van der Waals surface area contributed by atoms with E-state index in [-0.39, 0.29) is 18.0 Å². The molecule has 2 rings (SSSR count). The first-order chi connectivity index (χ1) is 11.9. The van der Waals surface area contributed by atoms with Crippen molar-refractivity contribution in [3.63, 3.8) is 0 Å². The molecular weight excluding hydrogens is 326 g/mol. The van der Waals surface area contributed by atoms with Gasteiger partial charge in [0, 0.05) is 12.6 Å². The number of amides is 1. The van der Waals surface area contributed by atoms with Crippen LogP contribution < -0.4 is 9.47 Å². The Bertz CT molecular complexity index is 780. The largest absolute Gasteiger partial charge is 0.493 e. The minimum Gasteiger partial charge on any atom is -0.493 e. The molecule has 0 aliphatic heterocycles. The molecule has 0 unspecified atom stereocenters. The van der Waals surface area contributed by atoms with Gasteiger partial charge in [0.1, 0.15) is 17.1 Å². The molecule has 2 aromatic rings. The number of aryl methyl sites for hydroxylation is 1. The maximum Gasteiger partial charge on any atom is 0.339 e. The molecule has 0 saturated carbocycles. The normalized spacial score (nSPS) is 10.4. The number of aromatic carboxylic acids is 1. The van der Waals surface area contributed by atoms with Crippen LogP contribution in [0.5, 0.6) is 11.5 Å². The van der Waals surface area contributed by atoms with Crippen LogP contribution in [0.3, 0.4) is 0 Å². The minimum absolute atomic E-state index is 0.0959. The summed E-state index contributed by atoms with van der Waals surface area (Å²) < 4.78 is 16.1. The standard InChI is InChI=1S/C18H21NO6/c1-5-24-15-7-6-12(8-16(15)23-4)17(20)19(3)10-13-9-14(18(21)22)11(2)25-13/h6-9H,5,10H2,1-4H3,(H,21,22). The van der Waals surface area contributed by atoms with Crippen LogP contribution in [-0.2, 0) is 6.54 Å². The van der Waals surface area contributed by atoms with Crippen LogP contribution >= 0.6 is 0 Å². The van der Waals surface area contributed by atoms with Gasteiger partial charge in [-0.05, 0) is 38.1 Å². The zero-order valence-corrected chi connectivity index (χ0v) is 14.7. The van der Waals surface area contributed by atoms with E-state index < -0.39 is 5.97 Å². The van der Waals surface area contributed by atoms with E-state index in [9.17, 15) is 9.59 Å². The van der Waals surface area contributed by atoms with Gasteiger partial charge >= 0.3 is 5.97 Å². The lowest BCUT2D eigenvalue weighted by atomic mass is 10.1. The highest BCUT2D eigenvalue weighted by Crippen LogP contribution is 2.28. The molecular formula is C18H21NO6. The van der Waals surface area contributed by atoms with E-state index in [4.69, 9.17) is 19.0 Å². The fourth-order valence-corrected chi connectivity index (χ4v) is 2.44. The maximum absolute atomic E-state index is 12.6. The van der Waals surface area contributed by atoms with Gasteiger partial charge in [-0.15, -0.1) is 0 Å². The molecule has 1 amide bonds. The summed E-state index contributed by atoms with van der Waals surface area (Å²) in [5, 5.41) is 9.06. The highest BCUT2D eigenvalue weighted by Gasteiger charge is 2.19. The molecule has 134 valence electrons. The number of carbonyl (C=O) groups excluding carboxylic acids is 1. The van der Waals surface area contributed by atoms with Gasteiger partial charge in [0.05, 0.1) is 20.3 Å². The summed E-state index contributed by atoms with van der Waals surface area (Å²) in [6.07, 6.45) is 0. The van der Waals surface area contributed by atoms with E-state index in [1.807, 2.05) is 6.92 Å². The molecule has 7 nitrogen and oxygen atoms in total. The van der Waals surface area contributed by atoms with Crippen molar-refractivity contribution in [2.75, 3.05) is 20.8 Å². The fraction of sp³-hybridized carbons (Fsp3) is 0.333. The number of carbonyl (C=O) groups is 2. The summed E-state index contributed by atoms with van der Waals surface area (Å²) in [5.41, 5.74) is 0.531. The van der Waals surface area contributed by atoms with E-state index in [0.29, 0.717) is 35.2 Å². The Kier molecular flexibility index (Phi) is 5.69. The van der Waals surface area contributed by atoms with Crippen molar-refractivity contribution in [3.8, 4) is 11.5 Å². The molecule has 0 radical (unpaired) electrons. The predicted molar refractivity (Wildman–Crippen MR) is 90.4 cm³/mol. The van der Waals surface area contributed by atoms with Crippen molar-refractivity contribution < 1.29 is 28.6 Å². The number of nitrogens with zero attached hydrogens (tertiary/aromatic N) is 1. The lowest BCUT2D eigenvalue weighted by molar-refractivity contribution is 0.0694. The topological polar surface area (TPSA) is 89.2 Å². The van der Waals surface area contributed by atoms with Gasteiger partial charge in [0.2, 0.25) is 0 Å². The summed E-state index contributed by atoms with van der Waals surface area (Å²) in [6.45, 7) is 4.09. The van der Waals surface area contributed by atoms with Gasteiger partial charge < -0.3 is 23.9 Å². The number of furan rings is 1. The van der Waals surface area contributed by atoms with Crippen molar-refractivity contribution in [1.29, 1.82) is 0 Å². The first kappa shape index (κ1) is 18.4. The average molecular weight is 347 g/mol. The van der Waals surface area contributed by atoms with E-state index in [2.05, 4.69) is 0 Å². The molecule has 0 fully saturated rings. The van der Waals surface area contributed by atoms with Crippen LogP contribution in [0.4, 0.5) is 0 Å². The van der Waals surface area contributed by atoms with Gasteiger partial charge in [0.25, 0.3) is 5.91 Å². The third kappa shape index (κ3) is 4.12. The Morgan fingerprint density at radius 2 is 1.96 bits per heavy atom. The second-order valence-electron chi connectivity index (χ2n) is 5.45. The van der Waals surface area contributed by atoms with Gasteiger partial charge in [0.15, 0.2) is 11.5 Å². The maximum atomic E-state index is 12.6. The van der Waals surface area contributed by atoms with Crippen LogP contribution in [0.15, 0.2) is 28.7 Å².